The number of anilines is 1. The Hall–Kier alpha value is -2.20. The number of carbonyl (C=O) groups is 1. The van der Waals surface area contributed by atoms with Crippen LogP contribution < -0.4 is 9.64 Å². The second kappa shape index (κ2) is 8.38. The van der Waals surface area contributed by atoms with Crippen molar-refractivity contribution < 1.29 is 14.3 Å². The molecule has 0 saturated heterocycles. The molecular weight excluding hydrogens is 410 g/mol. The number of halogens is 1. The van der Waals surface area contributed by atoms with Gasteiger partial charge in [-0.05, 0) is 79.0 Å². The Kier molecular flexibility index (Phi) is 5.60. The summed E-state index contributed by atoms with van der Waals surface area (Å²) in [5.41, 5.74) is 4.81. The fourth-order valence-electron chi connectivity index (χ4n) is 5.50. The van der Waals surface area contributed by atoms with E-state index >= 15 is 0 Å². The number of fused-ring (bicyclic) bond motifs is 3. The largest absolute Gasteiger partial charge is 0.490 e. The zero-order chi connectivity index (χ0) is 21.4. The van der Waals surface area contributed by atoms with Crippen LogP contribution in [0.25, 0.3) is 0 Å². The minimum absolute atomic E-state index is 0.0382. The van der Waals surface area contributed by atoms with Crippen LogP contribution in [0.15, 0.2) is 36.4 Å². The SMILES string of the molecule is COC(=O)Cc1ccc2c(c1)N(CC1CCC1)CC1(CCCc3cc(Cl)ccc31)CO2. The minimum Gasteiger partial charge on any atom is -0.490 e. The van der Waals surface area contributed by atoms with Gasteiger partial charge >= 0.3 is 5.97 Å². The normalized spacial score (nSPS) is 22.7. The molecule has 1 heterocycles. The van der Waals surface area contributed by atoms with Crippen molar-refractivity contribution in [3.63, 3.8) is 0 Å². The van der Waals surface area contributed by atoms with Crippen molar-refractivity contribution in [2.24, 2.45) is 5.92 Å². The molecule has 5 heteroatoms. The zero-order valence-corrected chi connectivity index (χ0v) is 18.9. The number of nitrogens with zero attached hydrogens (tertiary/aromatic N) is 1. The number of esters is 1. The van der Waals surface area contributed by atoms with E-state index in [-0.39, 0.29) is 17.8 Å². The number of hydrogen-bond acceptors (Lipinski definition) is 4. The second-order valence-electron chi connectivity index (χ2n) is 9.46. The second-order valence-corrected chi connectivity index (χ2v) is 9.89. The highest BCUT2D eigenvalue weighted by Crippen LogP contribution is 2.45. The molecular formula is C26H30ClNO3. The third-order valence-corrected chi connectivity index (χ3v) is 7.62. The van der Waals surface area contributed by atoms with Crippen molar-refractivity contribution in [3.05, 3.63) is 58.1 Å². The Balaban J connectivity index is 1.53. The van der Waals surface area contributed by atoms with Gasteiger partial charge in [-0.2, -0.15) is 0 Å². The number of hydrogen-bond donors (Lipinski definition) is 0. The smallest absolute Gasteiger partial charge is 0.309 e. The molecule has 1 unspecified atom stereocenters. The Morgan fingerprint density at radius 3 is 2.87 bits per heavy atom. The zero-order valence-electron chi connectivity index (χ0n) is 18.2. The molecule has 1 atom stereocenters. The molecule has 3 aliphatic rings. The van der Waals surface area contributed by atoms with Gasteiger partial charge in [0.2, 0.25) is 0 Å². The quantitative estimate of drug-likeness (QED) is 0.603. The van der Waals surface area contributed by atoms with Crippen LogP contribution in [0, 0.1) is 5.92 Å². The standard InChI is InChI=1S/C26H30ClNO3/c1-30-25(29)13-19-7-10-24-23(12-19)28(15-18-4-2-5-18)16-26(17-31-24)11-3-6-20-14-21(27)8-9-22(20)26/h7-10,12,14,18H,2-6,11,13,15-17H2,1H3. The number of rotatable bonds is 4. The van der Waals surface area contributed by atoms with Crippen molar-refractivity contribution >= 4 is 23.3 Å². The molecule has 1 spiro atoms. The van der Waals surface area contributed by atoms with E-state index in [1.54, 1.807) is 0 Å². The molecule has 1 saturated carbocycles. The third-order valence-electron chi connectivity index (χ3n) is 7.38. The molecule has 31 heavy (non-hydrogen) atoms. The maximum Gasteiger partial charge on any atom is 0.309 e. The number of methoxy groups -OCH3 is 1. The lowest BCUT2D eigenvalue weighted by Crippen LogP contribution is -2.47. The van der Waals surface area contributed by atoms with Crippen LogP contribution in [0.5, 0.6) is 5.75 Å². The summed E-state index contributed by atoms with van der Waals surface area (Å²) in [6.45, 7) is 2.65. The highest BCUT2D eigenvalue weighted by atomic mass is 35.5. The first-order chi connectivity index (χ1) is 15.1. The molecule has 0 aromatic heterocycles. The maximum absolute atomic E-state index is 11.9. The third kappa shape index (κ3) is 4.03. The van der Waals surface area contributed by atoms with E-state index in [1.807, 2.05) is 18.2 Å². The Morgan fingerprint density at radius 1 is 1.23 bits per heavy atom. The molecule has 1 fully saturated rings. The number of aryl methyl sites for hydroxylation is 1. The van der Waals surface area contributed by atoms with Crippen LogP contribution in [0.3, 0.4) is 0 Å². The summed E-state index contributed by atoms with van der Waals surface area (Å²) in [4.78, 5) is 14.4. The van der Waals surface area contributed by atoms with Gasteiger partial charge in [-0.25, -0.2) is 0 Å². The van der Waals surface area contributed by atoms with Gasteiger partial charge in [-0.1, -0.05) is 30.2 Å². The van der Waals surface area contributed by atoms with Gasteiger partial charge in [0.05, 0.1) is 25.8 Å². The molecule has 4 nitrogen and oxygen atoms in total. The van der Waals surface area contributed by atoms with E-state index in [2.05, 4.69) is 23.1 Å². The fraction of sp³-hybridized carbons (Fsp3) is 0.500. The predicted molar refractivity (Wildman–Crippen MR) is 123 cm³/mol. The van der Waals surface area contributed by atoms with E-state index in [9.17, 15) is 4.79 Å². The van der Waals surface area contributed by atoms with Crippen molar-refractivity contribution in [3.8, 4) is 5.75 Å². The topological polar surface area (TPSA) is 38.8 Å². The molecule has 0 radical (unpaired) electrons. The summed E-state index contributed by atoms with van der Waals surface area (Å²) < 4.78 is 11.4. The van der Waals surface area contributed by atoms with E-state index < -0.39 is 0 Å². The van der Waals surface area contributed by atoms with Crippen LogP contribution in [0.1, 0.15) is 48.8 Å². The summed E-state index contributed by atoms with van der Waals surface area (Å²) >= 11 is 6.32. The molecule has 0 amide bonds. The van der Waals surface area contributed by atoms with Gasteiger partial charge in [0.15, 0.2) is 0 Å². The Labute approximate surface area is 189 Å². The molecule has 2 aromatic rings. The average Bonchev–Trinajstić information content (AvgIpc) is 2.88. The van der Waals surface area contributed by atoms with E-state index in [4.69, 9.17) is 21.1 Å². The molecule has 0 bridgehead atoms. The molecule has 2 aromatic carbocycles. The van der Waals surface area contributed by atoms with Gasteiger partial charge in [-0.15, -0.1) is 0 Å². The first-order valence-corrected chi connectivity index (χ1v) is 11.8. The van der Waals surface area contributed by atoms with E-state index in [1.165, 1.54) is 37.5 Å². The maximum atomic E-state index is 11.9. The van der Waals surface area contributed by atoms with Crippen LogP contribution in [-0.4, -0.2) is 32.8 Å². The number of carbonyl (C=O) groups excluding carboxylic acids is 1. The molecule has 2 aliphatic carbocycles. The fourth-order valence-corrected chi connectivity index (χ4v) is 5.69. The Morgan fingerprint density at radius 2 is 2.10 bits per heavy atom. The summed E-state index contributed by atoms with van der Waals surface area (Å²) in [6.07, 6.45) is 7.56. The van der Waals surface area contributed by atoms with Gasteiger partial charge in [0.1, 0.15) is 5.75 Å². The summed E-state index contributed by atoms with van der Waals surface area (Å²) in [7, 11) is 1.44. The molecule has 1 aliphatic heterocycles. The lowest BCUT2D eigenvalue weighted by Gasteiger charge is -2.42. The number of benzene rings is 2. The molecule has 164 valence electrons. The summed E-state index contributed by atoms with van der Waals surface area (Å²) in [5, 5.41) is 0.812. The lowest BCUT2D eigenvalue weighted by atomic mass is 9.70. The molecule has 0 N–H and O–H groups in total. The van der Waals surface area contributed by atoms with Crippen LogP contribution >= 0.6 is 11.6 Å². The van der Waals surface area contributed by atoms with Crippen LogP contribution in [0.4, 0.5) is 5.69 Å². The lowest BCUT2D eigenvalue weighted by molar-refractivity contribution is -0.139. The van der Waals surface area contributed by atoms with Crippen molar-refractivity contribution in [1.82, 2.24) is 0 Å². The highest BCUT2D eigenvalue weighted by Gasteiger charge is 2.42. The predicted octanol–water partition coefficient (Wildman–Crippen LogP) is 5.33. The van der Waals surface area contributed by atoms with Gasteiger partial charge in [-0.3, -0.25) is 4.79 Å². The van der Waals surface area contributed by atoms with Gasteiger partial charge < -0.3 is 14.4 Å². The average molecular weight is 440 g/mol. The first-order valence-electron chi connectivity index (χ1n) is 11.4. The monoisotopic (exact) mass is 439 g/mol. The van der Waals surface area contributed by atoms with Crippen LogP contribution in [-0.2, 0) is 27.8 Å². The number of ether oxygens (including phenoxy) is 2. The van der Waals surface area contributed by atoms with Crippen molar-refractivity contribution in [2.45, 2.75) is 50.4 Å². The highest BCUT2D eigenvalue weighted by molar-refractivity contribution is 6.30. The summed E-state index contributed by atoms with van der Waals surface area (Å²) in [5.74, 6) is 1.45. The van der Waals surface area contributed by atoms with Gasteiger partial charge in [0.25, 0.3) is 0 Å². The van der Waals surface area contributed by atoms with Crippen LogP contribution in [0.2, 0.25) is 5.02 Å². The summed E-state index contributed by atoms with van der Waals surface area (Å²) in [6, 6.07) is 12.5. The van der Waals surface area contributed by atoms with E-state index in [0.717, 1.165) is 60.3 Å². The molecule has 5 rings (SSSR count). The minimum atomic E-state index is -0.213. The van der Waals surface area contributed by atoms with Crippen molar-refractivity contribution in [2.75, 3.05) is 31.7 Å². The van der Waals surface area contributed by atoms with Crippen molar-refractivity contribution in [1.29, 1.82) is 0 Å². The van der Waals surface area contributed by atoms with E-state index in [0.29, 0.717) is 6.61 Å². The van der Waals surface area contributed by atoms with Gasteiger partial charge in [0, 0.05) is 23.5 Å². The Bertz CT molecular complexity index is 987. The first kappa shape index (κ1) is 20.7.